The maximum atomic E-state index is 11.9. The van der Waals surface area contributed by atoms with Crippen LogP contribution in [0.5, 0.6) is 0 Å². The Balaban J connectivity index is 1.92. The van der Waals surface area contributed by atoms with Crippen molar-refractivity contribution >= 4 is 52.0 Å². The van der Waals surface area contributed by atoms with E-state index in [1.165, 1.54) is 17.4 Å². The highest BCUT2D eigenvalue weighted by molar-refractivity contribution is 7.16. The molecule has 2 rings (SSSR count). The Hall–Kier alpha value is -0.880. The lowest BCUT2D eigenvalue weighted by molar-refractivity contribution is 0.0954. The normalized spacial score (nSPS) is 10.5. The molecule has 2 heterocycles. The van der Waals surface area contributed by atoms with Gasteiger partial charge in [0, 0.05) is 11.4 Å². The molecule has 100 valence electrons. The second-order valence-corrected chi connectivity index (χ2v) is 6.13. The summed E-state index contributed by atoms with van der Waals surface area (Å²) in [5.74, 6) is -0.329. The zero-order valence-electron chi connectivity index (χ0n) is 9.49. The largest absolute Gasteiger partial charge is 0.352 e. The van der Waals surface area contributed by atoms with Crippen molar-refractivity contribution < 1.29 is 4.79 Å². The van der Waals surface area contributed by atoms with Crippen LogP contribution >= 0.6 is 46.1 Å². The molecule has 0 aliphatic heterocycles. The molecule has 0 aliphatic rings. The summed E-state index contributed by atoms with van der Waals surface area (Å²) in [6, 6.07) is 5.14. The number of hydrogen-bond donors (Lipinski definition) is 1. The van der Waals surface area contributed by atoms with E-state index in [1.807, 2.05) is 12.1 Å². The van der Waals surface area contributed by atoms with Gasteiger partial charge in [-0.15, -0.1) is 21.5 Å². The lowest BCUT2D eigenvalue weighted by Crippen LogP contribution is -2.26. The van der Waals surface area contributed by atoms with Gasteiger partial charge in [-0.1, -0.05) is 34.8 Å². The van der Waals surface area contributed by atoms with Crippen molar-refractivity contribution in [3.8, 4) is 0 Å². The van der Waals surface area contributed by atoms with Crippen molar-refractivity contribution in [2.24, 2.45) is 0 Å². The molecule has 0 bridgehead atoms. The number of carbonyl (C=O) groups excluding carboxylic acids is 1. The van der Waals surface area contributed by atoms with Gasteiger partial charge in [0.05, 0.1) is 9.90 Å². The molecule has 0 aromatic carbocycles. The second-order valence-electron chi connectivity index (χ2n) is 3.58. The predicted octanol–water partition coefficient (Wildman–Crippen LogP) is 3.47. The molecule has 4 nitrogen and oxygen atoms in total. The summed E-state index contributed by atoms with van der Waals surface area (Å²) in [5.41, 5.74) is 0.214. The third-order valence-corrected chi connectivity index (χ3v) is 4.00. The van der Waals surface area contributed by atoms with Crippen LogP contribution in [0.3, 0.4) is 0 Å². The summed E-state index contributed by atoms with van der Waals surface area (Å²) in [7, 11) is 0. The van der Waals surface area contributed by atoms with E-state index in [2.05, 4.69) is 15.5 Å². The fourth-order valence-electron chi connectivity index (χ4n) is 1.39. The number of aromatic nitrogens is 2. The van der Waals surface area contributed by atoms with E-state index in [0.717, 1.165) is 9.21 Å². The zero-order chi connectivity index (χ0) is 13.8. The van der Waals surface area contributed by atoms with Crippen LogP contribution in [0.25, 0.3) is 0 Å². The SMILES string of the molecule is O=C(NCCc1ccc(Cl)s1)c1cc(Cl)nnc1Cl. The molecule has 0 saturated carbocycles. The van der Waals surface area contributed by atoms with E-state index in [9.17, 15) is 4.79 Å². The minimum absolute atomic E-state index is 0.0288. The minimum atomic E-state index is -0.329. The molecule has 8 heteroatoms. The summed E-state index contributed by atoms with van der Waals surface area (Å²) in [4.78, 5) is 13.0. The number of rotatable bonds is 4. The predicted molar refractivity (Wildman–Crippen MR) is 77.4 cm³/mol. The van der Waals surface area contributed by atoms with Gasteiger partial charge < -0.3 is 5.32 Å². The van der Waals surface area contributed by atoms with Gasteiger partial charge >= 0.3 is 0 Å². The van der Waals surface area contributed by atoms with Gasteiger partial charge in [0.1, 0.15) is 0 Å². The summed E-state index contributed by atoms with van der Waals surface area (Å²) in [6.45, 7) is 0.478. The van der Waals surface area contributed by atoms with Gasteiger partial charge in [-0.2, -0.15) is 0 Å². The topological polar surface area (TPSA) is 54.9 Å². The lowest BCUT2D eigenvalue weighted by atomic mass is 10.3. The van der Waals surface area contributed by atoms with Crippen LogP contribution in [0, 0.1) is 0 Å². The number of halogens is 3. The number of nitrogens with zero attached hydrogens (tertiary/aromatic N) is 2. The Bertz CT molecular complexity index is 603. The summed E-state index contributed by atoms with van der Waals surface area (Å²) in [6.07, 6.45) is 0.701. The monoisotopic (exact) mass is 335 g/mol. The molecule has 2 aromatic heterocycles. The highest BCUT2D eigenvalue weighted by atomic mass is 35.5. The molecule has 1 amide bonds. The lowest BCUT2D eigenvalue weighted by Gasteiger charge is -2.05. The van der Waals surface area contributed by atoms with Gasteiger partial charge in [-0.3, -0.25) is 4.79 Å². The van der Waals surface area contributed by atoms with Crippen LogP contribution in [0.15, 0.2) is 18.2 Å². The Morgan fingerprint density at radius 1 is 1.26 bits per heavy atom. The van der Waals surface area contributed by atoms with E-state index in [0.29, 0.717) is 13.0 Å². The van der Waals surface area contributed by atoms with Crippen molar-refractivity contribution in [3.05, 3.63) is 43.3 Å². The Labute approximate surface area is 128 Å². The maximum absolute atomic E-state index is 11.9. The van der Waals surface area contributed by atoms with Crippen LogP contribution < -0.4 is 5.32 Å². The molecule has 0 atom stereocenters. The third kappa shape index (κ3) is 4.04. The van der Waals surface area contributed by atoms with Crippen molar-refractivity contribution in [1.29, 1.82) is 0 Å². The summed E-state index contributed by atoms with van der Waals surface area (Å²) >= 11 is 18.8. The van der Waals surface area contributed by atoms with Crippen LogP contribution in [0.4, 0.5) is 0 Å². The number of carbonyl (C=O) groups is 1. The fourth-order valence-corrected chi connectivity index (χ4v) is 2.80. The maximum Gasteiger partial charge on any atom is 0.254 e. The van der Waals surface area contributed by atoms with Crippen LogP contribution in [0.2, 0.25) is 14.6 Å². The highest BCUT2D eigenvalue weighted by Crippen LogP contribution is 2.21. The Morgan fingerprint density at radius 3 is 2.74 bits per heavy atom. The quantitative estimate of drug-likeness (QED) is 0.930. The van der Waals surface area contributed by atoms with E-state index in [1.54, 1.807) is 0 Å². The molecular formula is C11H8Cl3N3OS. The minimum Gasteiger partial charge on any atom is -0.352 e. The molecule has 0 aliphatic carbocycles. The van der Waals surface area contributed by atoms with Crippen LogP contribution in [-0.2, 0) is 6.42 Å². The summed E-state index contributed by atoms with van der Waals surface area (Å²) < 4.78 is 0.731. The number of hydrogen-bond acceptors (Lipinski definition) is 4. The molecule has 1 N–H and O–H groups in total. The highest BCUT2D eigenvalue weighted by Gasteiger charge is 2.12. The summed E-state index contributed by atoms with van der Waals surface area (Å²) in [5, 5.41) is 10.0. The van der Waals surface area contributed by atoms with Gasteiger partial charge in [0.2, 0.25) is 0 Å². The van der Waals surface area contributed by atoms with E-state index >= 15 is 0 Å². The van der Waals surface area contributed by atoms with Crippen molar-refractivity contribution in [2.75, 3.05) is 6.54 Å². The molecule has 2 aromatic rings. The first-order chi connectivity index (χ1) is 9.06. The average Bonchev–Trinajstić information content (AvgIpc) is 2.78. The first-order valence-corrected chi connectivity index (χ1v) is 7.22. The molecule has 0 spiro atoms. The average molecular weight is 337 g/mol. The molecule has 0 fully saturated rings. The van der Waals surface area contributed by atoms with Crippen molar-refractivity contribution in [2.45, 2.75) is 6.42 Å². The molecular weight excluding hydrogens is 329 g/mol. The number of thiophene rings is 1. The van der Waals surface area contributed by atoms with Gasteiger partial charge in [-0.25, -0.2) is 0 Å². The zero-order valence-corrected chi connectivity index (χ0v) is 12.6. The van der Waals surface area contributed by atoms with Crippen LogP contribution in [-0.4, -0.2) is 22.6 Å². The molecule has 19 heavy (non-hydrogen) atoms. The van der Waals surface area contributed by atoms with E-state index < -0.39 is 0 Å². The fraction of sp³-hybridized carbons (Fsp3) is 0.182. The van der Waals surface area contributed by atoms with Gasteiger partial charge in [-0.05, 0) is 24.6 Å². The van der Waals surface area contributed by atoms with Crippen molar-refractivity contribution in [1.82, 2.24) is 15.5 Å². The van der Waals surface area contributed by atoms with E-state index in [-0.39, 0.29) is 21.8 Å². The van der Waals surface area contributed by atoms with Gasteiger partial charge in [0.15, 0.2) is 10.3 Å². The Kier molecular flexibility index (Phi) is 4.99. The first kappa shape index (κ1) is 14.5. The molecule has 0 saturated heterocycles. The second kappa shape index (κ2) is 6.52. The Morgan fingerprint density at radius 2 is 2.05 bits per heavy atom. The number of nitrogens with one attached hydrogen (secondary N) is 1. The standard InChI is InChI=1S/C11H8Cl3N3OS/c12-8-5-7(10(14)17-16-8)11(18)15-4-3-6-1-2-9(13)19-6/h1-2,5H,3-4H2,(H,15,18). The van der Waals surface area contributed by atoms with Gasteiger partial charge in [0.25, 0.3) is 5.91 Å². The van der Waals surface area contributed by atoms with Crippen LogP contribution in [0.1, 0.15) is 15.2 Å². The van der Waals surface area contributed by atoms with Crippen molar-refractivity contribution in [3.63, 3.8) is 0 Å². The molecule has 0 unspecified atom stereocenters. The third-order valence-electron chi connectivity index (χ3n) is 2.25. The first-order valence-electron chi connectivity index (χ1n) is 5.27. The smallest absolute Gasteiger partial charge is 0.254 e. The number of amides is 1. The van der Waals surface area contributed by atoms with E-state index in [4.69, 9.17) is 34.8 Å². The molecule has 0 radical (unpaired) electrons.